The number of aromatic hydroxyl groups is 1. The van der Waals surface area contributed by atoms with Crippen molar-refractivity contribution < 1.29 is 5.11 Å². The summed E-state index contributed by atoms with van der Waals surface area (Å²) in [5, 5.41) is 12.6. The molecule has 156 valence electrons. The molecular weight excluding hydrogens is 340 g/mol. The Balaban J connectivity index is 1.43. The summed E-state index contributed by atoms with van der Waals surface area (Å²) >= 11 is 0. The van der Waals surface area contributed by atoms with Crippen molar-refractivity contribution in [3.05, 3.63) is 42.0 Å². The van der Waals surface area contributed by atoms with E-state index in [0.717, 1.165) is 22.8 Å². The van der Waals surface area contributed by atoms with Gasteiger partial charge in [0.2, 0.25) is 0 Å². The smallest absolute Gasteiger partial charge is 0.126 e. The third-order valence-electron chi connectivity index (χ3n) is 6.03. The molecule has 0 saturated carbocycles. The molecule has 0 unspecified atom stereocenters. The van der Waals surface area contributed by atoms with Crippen molar-refractivity contribution in [2.24, 2.45) is 0 Å². The normalized spacial score (nSPS) is 11.3. The van der Waals surface area contributed by atoms with E-state index >= 15 is 0 Å². The average Bonchev–Trinajstić information content (AvgIpc) is 2.72. The monoisotopic (exact) mass is 382 g/mol. The lowest BCUT2D eigenvalue weighted by molar-refractivity contribution is 0.472. The summed E-state index contributed by atoms with van der Waals surface area (Å²) in [6.45, 7) is 2.29. The third-order valence-corrected chi connectivity index (χ3v) is 6.03. The molecule has 0 amide bonds. The molecular formula is C27H42O. The Morgan fingerprint density at radius 2 is 1.07 bits per heavy atom. The number of rotatable bonds is 16. The second-order valence-corrected chi connectivity index (χ2v) is 8.49. The minimum absolute atomic E-state index is 0.489. The zero-order valence-electron chi connectivity index (χ0n) is 18.2. The van der Waals surface area contributed by atoms with Crippen molar-refractivity contribution in [3.63, 3.8) is 0 Å². The van der Waals surface area contributed by atoms with Crippen molar-refractivity contribution in [1.29, 1.82) is 0 Å². The first-order valence-corrected chi connectivity index (χ1v) is 12.0. The van der Waals surface area contributed by atoms with Crippen molar-refractivity contribution in [1.82, 2.24) is 0 Å². The minimum Gasteiger partial charge on any atom is -0.507 e. The van der Waals surface area contributed by atoms with Crippen LogP contribution in [0.15, 0.2) is 36.4 Å². The van der Waals surface area contributed by atoms with Gasteiger partial charge in [-0.15, -0.1) is 0 Å². The van der Waals surface area contributed by atoms with Crippen molar-refractivity contribution in [3.8, 4) is 5.75 Å². The van der Waals surface area contributed by atoms with Crippen LogP contribution in [0.2, 0.25) is 0 Å². The van der Waals surface area contributed by atoms with Crippen molar-refractivity contribution in [2.75, 3.05) is 0 Å². The van der Waals surface area contributed by atoms with Crippen LogP contribution in [0.25, 0.3) is 10.8 Å². The lowest BCUT2D eigenvalue weighted by Gasteiger charge is -2.08. The zero-order chi connectivity index (χ0) is 19.9. The van der Waals surface area contributed by atoms with Crippen molar-refractivity contribution in [2.45, 2.75) is 110 Å². The van der Waals surface area contributed by atoms with Gasteiger partial charge in [-0.25, -0.2) is 0 Å². The molecule has 0 atom stereocenters. The predicted molar refractivity (Wildman–Crippen MR) is 124 cm³/mol. The Morgan fingerprint density at radius 3 is 1.64 bits per heavy atom. The van der Waals surface area contributed by atoms with Gasteiger partial charge in [0.05, 0.1) is 0 Å². The molecule has 0 aliphatic rings. The second-order valence-electron chi connectivity index (χ2n) is 8.49. The molecule has 0 aliphatic carbocycles. The van der Waals surface area contributed by atoms with E-state index in [-0.39, 0.29) is 0 Å². The predicted octanol–water partition coefficient (Wildman–Crippen LogP) is 8.96. The number of phenols is 1. The first-order chi connectivity index (χ1) is 13.8. The summed E-state index contributed by atoms with van der Waals surface area (Å²) in [5.41, 5.74) is 1.10. The molecule has 28 heavy (non-hydrogen) atoms. The van der Waals surface area contributed by atoms with Gasteiger partial charge in [-0.05, 0) is 23.8 Å². The molecule has 1 N–H and O–H groups in total. The van der Waals surface area contributed by atoms with Crippen molar-refractivity contribution >= 4 is 10.8 Å². The summed E-state index contributed by atoms with van der Waals surface area (Å²) < 4.78 is 0. The quantitative estimate of drug-likeness (QED) is 0.287. The number of unbranched alkanes of at least 4 members (excludes halogenated alkanes) is 14. The summed E-state index contributed by atoms with van der Waals surface area (Å²) in [6.07, 6.45) is 21.9. The Kier molecular flexibility index (Phi) is 11.8. The van der Waals surface area contributed by atoms with Crippen LogP contribution in [0, 0.1) is 0 Å². The number of hydrogen-bond acceptors (Lipinski definition) is 1. The first-order valence-electron chi connectivity index (χ1n) is 12.0. The third kappa shape index (κ3) is 8.67. The summed E-state index contributed by atoms with van der Waals surface area (Å²) in [6, 6.07) is 12.3. The van der Waals surface area contributed by atoms with Crippen LogP contribution >= 0.6 is 0 Å². The van der Waals surface area contributed by atoms with Gasteiger partial charge in [0.1, 0.15) is 5.75 Å². The van der Waals surface area contributed by atoms with Crippen LogP contribution in [0.1, 0.15) is 109 Å². The average molecular weight is 383 g/mol. The zero-order valence-corrected chi connectivity index (χ0v) is 18.2. The van der Waals surface area contributed by atoms with Gasteiger partial charge < -0.3 is 5.11 Å². The van der Waals surface area contributed by atoms with E-state index < -0.39 is 0 Å². The largest absolute Gasteiger partial charge is 0.507 e. The molecule has 0 saturated heterocycles. The van der Waals surface area contributed by atoms with E-state index in [1.807, 2.05) is 18.2 Å². The maximum absolute atomic E-state index is 10.5. The van der Waals surface area contributed by atoms with E-state index in [2.05, 4.69) is 25.1 Å². The molecule has 0 fully saturated rings. The summed E-state index contributed by atoms with van der Waals surface area (Å²) in [7, 11) is 0. The Labute approximate surface area is 173 Å². The second kappa shape index (κ2) is 14.5. The van der Waals surface area contributed by atoms with Crippen LogP contribution in [0.4, 0.5) is 0 Å². The van der Waals surface area contributed by atoms with Crippen LogP contribution < -0.4 is 0 Å². The van der Waals surface area contributed by atoms with Gasteiger partial charge in [-0.1, -0.05) is 133 Å². The lowest BCUT2D eigenvalue weighted by Crippen LogP contribution is -1.89. The molecule has 0 spiro atoms. The fraction of sp³-hybridized carbons (Fsp3) is 0.630. The molecule has 2 aromatic rings. The van der Waals surface area contributed by atoms with Crippen LogP contribution in [0.5, 0.6) is 5.75 Å². The van der Waals surface area contributed by atoms with E-state index in [4.69, 9.17) is 0 Å². The molecule has 0 aliphatic heterocycles. The van der Waals surface area contributed by atoms with Gasteiger partial charge in [0.25, 0.3) is 0 Å². The van der Waals surface area contributed by atoms with E-state index in [1.165, 1.54) is 96.3 Å². The van der Waals surface area contributed by atoms with Gasteiger partial charge in [-0.2, -0.15) is 0 Å². The number of benzene rings is 2. The highest BCUT2D eigenvalue weighted by Crippen LogP contribution is 2.29. The number of fused-ring (bicyclic) bond motifs is 1. The summed E-state index contributed by atoms with van der Waals surface area (Å²) in [4.78, 5) is 0. The topological polar surface area (TPSA) is 20.2 Å². The molecule has 0 radical (unpaired) electrons. The van der Waals surface area contributed by atoms with E-state index in [9.17, 15) is 5.11 Å². The molecule has 1 nitrogen and oxygen atoms in total. The maximum atomic E-state index is 10.5. The Bertz CT molecular complexity index is 646. The highest BCUT2D eigenvalue weighted by atomic mass is 16.3. The Morgan fingerprint density at radius 1 is 0.571 bits per heavy atom. The fourth-order valence-corrected chi connectivity index (χ4v) is 4.19. The molecule has 0 heterocycles. The van der Waals surface area contributed by atoms with Gasteiger partial charge in [-0.3, -0.25) is 0 Å². The molecule has 0 aromatic heterocycles. The van der Waals surface area contributed by atoms with Crippen LogP contribution in [-0.2, 0) is 6.42 Å². The number of hydrogen-bond donors (Lipinski definition) is 1. The van der Waals surface area contributed by atoms with Gasteiger partial charge >= 0.3 is 0 Å². The molecule has 1 heteroatoms. The standard InChI is InChI=1S/C27H42O/c1-2-3-4-5-6-7-8-9-10-11-12-13-14-15-16-20-25-23-22-24-19-17-18-21-26(24)27(25)28/h17-19,21-23,28H,2-16,20H2,1H3. The fourth-order valence-electron chi connectivity index (χ4n) is 4.19. The first kappa shape index (κ1) is 22.8. The van der Waals surface area contributed by atoms with Gasteiger partial charge in [0.15, 0.2) is 0 Å². The lowest BCUT2D eigenvalue weighted by atomic mass is 10.00. The minimum atomic E-state index is 0.489. The van der Waals surface area contributed by atoms with E-state index in [0.29, 0.717) is 5.75 Å². The SMILES string of the molecule is CCCCCCCCCCCCCCCCCc1ccc2ccccc2c1O. The molecule has 2 aromatic carbocycles. The van der Waals surface area contributed by atoms with Crippen LogP contribution in [0.3, 0.4) is 0 Å². The Hall–Kier alpha value is -1.50. The molecule has 0 bridgehead atoms. The number of phenolic OH excluding ortho intramolecular Hbond substituents is 1. The highest BCUT2D eigenvalue weighted by molar-refractivity contribution is 5.89. The van der Waals surface area contributed by atoms with E-state index in [1.54, 1.807) is 0 Å². The van der Waals surface area contributed by atoms with Gasteiger partial charge in [0, 0.05) is 5.39 Å². The maximum Gasteiger partial charge on any atom is 0.126 e. The van der Waals surface area contributed by atoms with Crippen LogP contribution in [-0.4, -0.2) is 5.11 Å². The summed E-state index contributed by atoms with van der Waals surface area (Å²) in [5.74, 6) is 0.489. The number of aryl methyl sites for hydroxylation is 1. The highest BCUT2D eigenvalue weighted by Gasteiger charge is 2.05. The molecule has 2 rings (SSSR count).